The summed E-state index contributed by atoms with van der Waals surface area (Å²) in [4.78, 5) is 0. The molecule has 1 nitrogen and oxygen atoms in total. The first-order chi connectivity index (χ1) is 8.56. The molecule has 0 aliphatic rings. The van der Waals surface area contributed by atoms with E-state index < -0.39 is 0 Å². The summed E-state index contributed by atoms with van der Waals surface area (Å²) in [6, 6.07) is 19.1. The van der Waals surface area contributed by atoms with Gasteiger partial charge in [0.1, 0.15) is 0 Å². The molecule has 2 rings (SSSR count). The largest absolute Gasteiger partial charge is 0.326 e. The van der Waals surface area contributed by atoms with Crippen LogP contribution in [0.1, 0.15) is 25.8 Å². The third-order valence-electron chi connectivity index (χ3n) is 3.14. The summed E-state index contributed by atoms with van der Waals surface area (Å²) in [6.45, 7) is 4.16. The molecular formula is C17H21N. The number of hydrogen-bond acceptors (Lipinski definition) is 1. The smallest absolute Gasteiger partial charge is 0.0100 e. The molecule has 0 saturated heterocycles. The predicted octanol–water partition coefficient (Wildman–Crippen LogP) is 4.02. The molecule has 2 N–H and O–H groups in total. The van der Waals surface area contributed by atoms with Gasteiger partial charge in [0.05, 0.1) is 0 Å². The summed E-state index contributed by atoms with van der Waals surface area (Å²) in [6.07, 6.45) is 2.02. The molecule has 18 heavy (non-hydrogen) atoms. The van der Waals surface area contributed by atoms with Crippen LogP contribution in [-0.2, 0) is 6.42 Å². The number of nitrogens with two attached hydrogens (primary N) is 1. The molecule has 0 amide bonds. The van der Waals surface area contributed by atoms with E-state index in [0.29, 0.717) is 0 Å². The lowest BCUT2D eigenvalue weighted by Crippen LogP contribution is -2.32. The highest BCUT2D eigenvalue weighted by molar-refractivity contribution is 5.67. The summed E-state index contributed by atoms with van der Waals surface area (Å²) in [5, 5.41) is 0. The molecule has 0 radical (unpaired) electrons. The lowest BCUT2D eigenvalue weighted by atomic mass is 9.92. The van der Waals surface area contributed by atoms with E-state index in [-0.39, 0.29) is 5.54 Å². The summed E-state index contributed by atoms with van der Waals surface area (Å²) in [5.74, 6) is 0. The van der Waals surface area contributed by atoms with Crippen LogP contribution in [0.2, 0.25) is 0 Å². The van der Waals surface area contributed by atoms with E-state index in [1.165, 1.54) is 16.7 Å². The molecule has 0 aromatic heterocycles. The van der Waals surface area contributed by atoms with Crippen LogP contribution in [0.15, 0.2) is 54.6 Å². The fourth-order valence-corrected chi connectivity index (χ4v) is 2.09. The van der Waals surface area contributed by atoms with Crippen molar-refractivity contribution >= 4 is 0 Å². The van der Waals surface area contributed by atoms with Crippen molar-refractivity contribution in [2.45, 2.75) is 32.2 Å². The van der Waals surface area contributed by atoms with Crippen LogP contribution in [0.5, 0.6) is 0 Å². The Morgan fingerprint density at radius 3 is 2.17 bits per heavy atom. The van der Waals surface area contributed by atoms with Crippen LogP contribution in [0, 0.1) is 0 Å². The first-order valence-electron chi connectivity index (χ1n) is 6.48. The van der Waals surface area contributed by atoms with Gasteiger partial charge < -0.3 is 5.73 Å². The Balaban J connectivity index is 2.27. The zero-order valence-corrected chi connectivity index (χ0v) is 11.2. The Kier molecular flexibility index (Phi) is 3.83. The van der Waals surface area contributed by atoms with Crippen molar-refractivity contribution in [3.8, 4) is 11.1 Å². The number of benzene rings is 2. The Bertz CT molecular complexity index is 495. The maximum atomic E-state index is 6.07. The van der Waals surface area contributed by atoms with Crippen molar-refractivity contribution in [2.24, 2.45) is 5.73 Å². The Hall–Kier alpha value is -1.60. The van der Waals surface area contributed by atoms with Gasteiger partial charge in [0, 0.05) is 5.54 Å². The molecule has 2 aromatic carbocycles. The minimum Gasteiger partial charge on any atom is -0.326 e. The second-order valence-electron chi connectivity index (χ2n) is 5.51. The van der Waals surface area contributed by atoms with Crippen molar-refractivity contribution in [2.75, 3.05) is 0 Å². The zero-order valence-electron chi connectivity index (χ0n) is 11.2. The maximum absolute atomic E-state index is 6.07. The number of aryl methyl sites for hydroxylation is 1. The van der Waals surface area contributed by atoms with Gasteiger partial charge in [-0.25, -0.2) is 0 Å². The highest BCUT2D eigenvalue weighted by Crippen LogP contribution is 2.25. The third kappa shape index (κ3) is 3.44. The molecule has 0 heterocycles. The Morgan fingerprint density at radius 2 is 1.50 bits per heavy atom. The highest BCUT2D eigenvalue weighted by Gasteiger charge is 2.12. The summed E-state index contributed by atoms with van der Waals surface area (Å²) in [5.41, 5.74) is 9.94. The molecular weight excluding hydrogens is 218 g/mol. The molecule has 0 saturated carbocycles. The van der Waals surface area contributed by atoms with Crippen LogP contribution in [0.3, 0.4) is 0 Å². The lowest BCUT2D eigenvalue weighted by Gasteiger charge is -2.19. The van der Waals surface area contributed by atoms with E-state index in [1.807, 2.05) is 0 Å². The van der Waals surface area contributed by atoms with Gasteiger partial charge in [-0.2, -0.15) is 0 Å². The van der Waals surface area contributed by atoms with Crippen molar-refractivity contribution in [1.29, 1.82) is 0 Å². The average molecular weight is 239 g/mol. The van der Waals surface area contributed by atoms with E-state index >= 15 is 0 Å². The summed E-state index contributed by atoms with van der Waals surface area (Å²) in [7, 11) is 0. The molecule has 94 valence electrons. The van der Waals surface area contributed by atoms with E-state index in [0.717, 1.165) is 12.8 Å². The minimum atomic E-state index is -0.107. The van der Waals surface area contributed by atoms with Gasteiger partial charge >= 0.3 is 0 Å². The number of rotatable bonds is 4. The van der Waals surface area contributed by atoms with Gasteiger partial charge in [0.25, 0.3) is 0 Å². The quantitative estimate of drug-likeness (QED) is 0.856. The van der Waals surface area contributed by atoms with E-state index in [1.54, 1.807) is 0 Å². The molecule has 0 fully saturated rings. The summed E-state index contributed by atoms with van der Waals surface area (Å²) >= 11 is 0. The zero-order chi connectivity index (χ0) is 13.0. The van der Waals surface area contributed by atoms with Crippen molar-refractivity contribution in [1.82, 2.24) is 0 Å². The van der Waals surface area contributed by atoms with Gasteiger partial charge in [-0.1, -0.05) is 54.6 Å². The molecule has 0 spiro atoms. The molecule has 0 bridgehead atoms. The predicted molar refractivity (Wildman–Crippen MR) is 78.5 cm³/mol. The molecule has 0 unspecified atom stereocenters. The van der Waals surface area contributed by atoms with Gasteiger partial charge in [-0.05, 0) is 43.4 Å². The van der Waals surface area contributed by atoms with E-state index in [9.17, 15) is 0 Å². The first kappa shape index (κ1) is 12.8. The van der Waals surface area contributed by atoms with E-state index in [2.05, 4.69) is 68.4 Å². The molecule has 0 aliphatic carbocycles. The van der Waals surface area contributed by atoms with Gasteiger partial charge in [0.15, 0.2) is 0 Å². The van der Waals surface area contributed by atoms with Crippen LogP contribution < -0.4 is 5.73 Å². The van der Waals surface area contributed by atoms with Gasteiger partial charge in [0.2, 0.25) is 0 Å². The van der Waals surface area contributed by atoms with Crippen molar-refractivity contribution < 1.29 is 0 Å². The van der Waals surface area contributed by atoms with Crippen LogP contribution in [0.4, 0.5) is 0 Å². The minimum absolute atomic E-state index is 0.107. The molecule has 2 aromatic rings. The highest BCUT2D eigenvalue weighted by atomic mass is 14.7. The normalized spacial score (nSPS) is 11.5. The molecule has 0 aliphatic heterocycles. The molecule has 0 atom stereocenters. The topological polar surface area (TPSA) is 26.0 Å². The maximum Gasteiger partial charge on any atom is 0.0100 e. The lowest BCUT2D eigenvalue weighted by molar-refractivity contribution is 0.477. The van der Waals surface area contributed by atoms with Crippen LogP contribution in [0.25, 0.3) is 11.1 Å². The van der Waals surface area contributed by atoms with E-state index in [4.69, 9.17) is 5.73 Å². The standard InChI is InChI=1S/C17H21N/c1-17(2,18)13-12-15-10-6-7-11-16(15)14-8-4-3-5-9-14/h3-11H,12-13,18H2,1-2H3. The fourth-order valence-electron chi connectivity index (χ4n) is 2.09. The SMILES string of the molecule is CC(C)(N)CCc1ccccc1-c1ccccc1. The monoisotopic (exact) mass is 239 g/mol. The fraction of sp³-hybridized carbons (Fsp3) is 0.294. The van der Waals surface area contributed by atoms with Gasteiger partial charge in [-0.15, -0.1) is 0 Å². The van der Waals surface area contributed by atoms with Crippen LogP contribution in [-0.4, -0.2) is 5.54 Å². The average Bonchev–Trinajstić information content (AvgIpc) is 2.37. The van der Waals surface area contributed by atoms with Crippen molar-refractivity contribution in [3.05, 3.63) is 60.2 Å². The Labute approximate surface area is 110 Å². The second-order valence-corrected chi connectivity index (χ2v) is 5.51. The third-order valence-corrected chi connectivity index (χ3v) is 3.14. The first-order valence-corrected chi connectivity index (χ1v) is 6.48. The Morgan fingerprint density at radius 1 is 0.889 bits per heavy atom. The summed E-state index contributed by atoms with van der Waals surface area (Å²) < 4.78 is 0. The van der Waals surface area contributed by atoms with Crippen LogP contribution >= 0.6 is 0 Å². The number of hydrogen-bond donors (Lipinski definition) is 1. The second kappa shape index (κ2) is 5.36. The molecule has 1 heteroatoms. The van der Waals surface area contributed by atoms with Crippen molar-refractivity contribution in [3.63, 3.8) is 0 Å². The van der Waals surface area contributed by atoms with Gasteiger partial charge in [-0.3, -0.25) is 0 Å².